The third kappa shape index (κ3) is 8.40. The van der Waals surface area contributed by atoms with Gasteiger partial charge in [-0.15, -0.1) is 0 Å². The predicted octanol–water partition coefficient (Wildman–Crippen LogP) is 17.9. The molecule has 13 aromatic rings. The molecule has 0 aliphatic heterocycles. The van der Waals surface area contributed by atoms with Crippen molar-refractivity contribution in [1.29, 1.82) is 10.5 Å². The molecule has 3 heterocycles. The van der Waals surface area contributed by atoms with Crippen molar-refractivity contribution in [2.75, 3.05) is 0 Å². The Hall–Kier alpha value is -11.4. The van der Waals surface area contributed by atoms with E-state index in [0.29, 0.717) is 73.3 Å². The Kier molecular flexibility index (Phi) is 11.6. The fraction of sp³-hybridized carbons (Fsp3) is 0.0147. The fourth-order valence-corrected chi connectivity index (χ4v) is 10.8. The maximum absolute atomic E-state index is 15.5. The molecule has 80 heavy (non-hydrogen) atoms. The Labute approximate surface area is 455 Å². The fourth-order valence-electron chi connectivity index (χ4n) is 10.8. The molecule has 0 saturated carbocycles. The van der Waals surface area contributed by atoms with Crippen LogP contribution in [0.3, 0.4) is 0 Å². The van der Waals surface area contributed by atoms with Gasteiger partial charge >= 0.3 is 6.18 Å². The molecule has 0 bridgehead atoms. The maximum atomic E-state index is 15.5. The number of nitrogens with zero attached hydrogens (tertiary/aromatic N) is 9. The van der Waals surface area contributed by atoms with E-state index in [1.807, 2.05) is 168 Å². The lowest BCUT2D eigenvalue weighted by Gasteiger charge is -2.20. The minimum atomic E-state index is -4.75. The van der Waals surface area contributed by atoms with Crippen LogP contribution in [0.1, 0.15) is 16.7 Å². The number of aromatic nitrogens is 5. The van der Waals surface area contributed by atoms with Crippen molar-refractivity contribution in [2.24, 2.45) is 0 Å². The first-order chi connectivity index (χ1) is 39.1. The third-order valence-corrected chi connectivity index (χ3v) is 14.4. The molecule has 0 unspecified atom stereocenters. The highest BCUT2D eigenvalue weighted by molar-refractivity contribution is 6.12. The Balaban J connectivity index is 1.11. The van der Waals surface area contributed by atoms with E-state index in [-0.39, 0.29) is 11.4 Å². The minimum Gasteiger partial charge on any atom is -0.309 e. The molecule has 10 aromatic carbocycles. The average molecular weight is 1040 g/mol. The maximum Gasteiger partial charge on any atom is 0.416 e. The first-order valence-corrected chi connectivity index (χ1v) is 25.2. The van der Waals surface area contributed by atoms with Crippen LogP contribution in [0.2, 0.25) is 0 Å². The minimum absolute atomic E-state index is 0.234. The van der Waals surface area contributed by atoms with Gasteiger partial charge in [-0.1, -0.05) is 109 Å². The second kappa shape index (κ2) is 19.3. The molecule has 0 aliphatic carbocycles. The molecule has 0 atom stereocenters. The van der Waals surface area contributed by atoms with Crippen LogP contribution >= 0.6 is 0 Å². The first kappa shape index (κ1) is 48.2. The van der Waals surface area contributed by atoms with Gasteiger partial charge < -0.3 is 9.13 Å². The van der Waals surface area contributed by atoms with Crippen LogP contribution in [0.4, 0.5) is 24.5 Å². The average Bonchev–Trinajstić information content (AvgIpc) is 4.20. The van der Waals surface area contributed by atoms with Gasteiger partial charge in [0.25, 0.3) is 0 Å². The molecule has 0 N–H and O–H groups in total. The molecule has 3 aromatic heterocycles. The van der Waals surface area contributed by atoms with Gasteiger partial charge in [0.15, 0.2) is 28.8 Å². The normalized spacial score (nSPS) is 11.4. The number of rotatable bonds is 8. The van der Waals surface area contributed by atoms with Crippen LogP contribution in [-0.2, 0) is 6.18 Å². The molecule has 13 rings (SSSR count). The van der Waals surface area contributed by atoms with E-state index in [2.05, 4.69) is 26.4 Å². The number of para-hydroxylation sites is 2. The summed E-state index contributed by atoms with van der Waals surface area (Å²) >= 11 is 0. The van der Waals surface area contributed by atoms with E-state index in [4.69, 9.17) is 28.1 Å². The summed E-state index contributed by atoms with van der Waals surface area (Å²) in [5.41, 5.74) is 10.1. The van der Waals surface area contributed by atoms with Crippen molar-refractivity contribution in [3.8, 4) is 91.1 Å². The van der Waals surface area contributed by atoms with Gasteiger partial charge in [0, 0.05) is 60.6 Å². The van der Waals surface area contributed by atoms with Crippen LogP contribution < -0.4 is 0 Å². The Morgan fingerprint density at radius 2 is 0.875 bits per heavy atom. The summed E-state index contributed by atoms with van der Waals surface area (Å²) in [5.74, 6) is 0.980. The Bertz CT molecular complexity index is 4750. The quantitative estimate of drug-likeness (QED) is 0.141. The number of hydrogen-bond acceptors (Lipinski definition) is 5. The van der Waals surface area contributed by atoms with Gasteiger partial charge in [-0.3, -0.25) is 0 Å². The summed E-state index contributed by atoms with van der Waals surface area (Å²) in [4.78, 5) is 22.5. The first-order valence-electron chi connectivity index (χ1n) is 25.2. The van der Waals surface area contributed by atoms with E-state index in [0.717, 1.165) is 66.4 Å². The molecule has 0 radical (unpaired) electrons. The van der Waals surface area contributed by atoms with Crippen LogP contribution in [-0.4, -0.2) is 24.1 Å². The monoisotopic (exact) mass is 1040 g/mol. The molecule has 0 saturated heterocycles. The second-order valence-electron chi connectivity index (χ2n) is 19.2. The lowest BCUT2D eigenvalue weighted by molar-refractivity contribution is -0.137. The van der Waals surface area contributed by atoms with Crippen molar-refractivity contribution in [1.82, 2.24) is 24.1 Å². The van der Waals surface area contributed by atoms with Gasteiger partial charge in [0.05, 0.1) is 58.6 Å². The van der Waals surface area contributed by atoms with Crippen LogP contribution in [0.25, 0.3) is 132 Å². The van der Waals surface area contributed by atoms with Gasteiger partial charge in [-0.2, -0.15) is 23.7 Å². The largest absolute Gasteiger partial charge is 0.416 e. The van der Waals surface area contributed by atoms with Gasteiger partial charge in [0.1, 0.15) is 0 Å². The third-order valence-electron chi connectivity index (χ3n) is 14.4. The summed E-state index contributed by atoms with van der Waals surface area (Å²) in [7, 11) is 0. The Morgan fingerprint density at radius 3 is 1.40 bits per heavy atom. The summed E-state index contributed by atoms with van der Waals surface area (Å²) in [6.07, 6.45) is -4.75. The molecule has 9 nitrogen and oxygen atoms in total. The van der Waals surface area contributed by atoms with Crippen molar-refractivity contribution in [2.45, 2.75) is 6.18 Å². The number of alkyl halides is 3. The highest BCUT2D eigenvalue weighted by Gasteiger charge is 2.33. The van der Waals surface area contributed by atoms with Crippen molar-refractivity contribution >= 4 is 55.0 Å². The van der Waals surface area contributed by atoms with Gasteiger partial charge in [-0.05, 0) is 137 Å². The second-order valence-corrected chi connectivity index (χ2v) is 19.2. The SMILES string of the molecule is [C-]#[N+]c1cc(C#N)cc(-c2ccc3c(c2)c2ccccc2n3-c2ccc(-c3nc(-c4ccccc4)nc(-c4ccccc4)n3)c(-c3cc(C(F)(F)F)ccc3-n3c4ccccc4c4cc(-c5cc(C#N)cc([N+]#[C-])c5)ccc43)c2)c1. The number of hydrogen-bond donors (Lipinski definition) is 0. The lowest BCUT2D eigenvalue weighted by Crippen LogP contribution is -2.08. The topological polar surface area (TPSA) is 105 Å². The molecular weight excluding hydrogens is 1000 g/mol. The lowest BCUT2D eigenvalue weighted by atomic mass is 9.94. The van der Waals surface area contributed by atoms with Gasteiger partial charge in [-0.25, -0.2) is 24.6 Å². The molecule has 12 heteroatoms. The smallest absolute Gasteiger partial charge is 0.309 e. The number of nitriles is 2. The molecular formula is C68H36F3N9. The van der Waals surface area contributed by atoms with Gasteiger partial charge in [0.2, 0.25) is 0 Å². The molecule has 0 aliphatic rings. The van der Waals surface area contributed by atoms with Crippen LogP contribution in [0.15, 0.2) is 218 Å². The van der Waals surface area contributed by atoms with E-state index in [1.54, 1.807) is 36.4 Å². The van der Waals surface area contributed by atoms with E-state index < -0.39 is 11.7 Å². The molecule has 0 spiro atoms. The van der Waals surface area contributed by atoms with Crippen molar-refractivity contribution < 1.29 is 13.2 Å². The zero-order chi connectivity index (χ0) is 54.6. The zero-order valence-corrected chi connectivity index (χ0v) is 41.9. The van der Waals surface area contributed by atoms with Crippen molar-refractivity contribution in [3.05, 3.63) is 258 Å². The Morgan fingerprint density at radius 1 is 0.388 bits per heavy atom. The van der Waals surface area contributed by atoms with Crippen LogP contribution in [0.5, 0.6) is 0 Å². The highest BCUT2D eigenvalue weighted by atomic mass is 19.4. The van der Waals surface area contributed by atoms with Crippen LogP contribution in [0, 0.1) is 35.8 Å². The molecule has 374 valence electrons. The summed E-state index contributed by atoms with van der Waals surface area (Å²) in [6, 6.07) is 70.4. The molecule has 0 amide bonds. The summed E-state index contributed by atoms with van der Waals surface area (Å²) in [5, 5.41) is 23.1. The number of halogens is 3. The highest BCUT2D eigenvalue weighted by Crippen LogP contribution is 2.45. The van der Waals surface area contributed by atoms with E-state index in [1.165, 1.54) is 12.1 Å². The number of fused-ring (bicyclic) bond motifs is 6. The summed E-state index contributed by atoms with van der Waals surface area (Å²) in [6.45, 7) is 15.4. The van der Waals surface area contributed by atoms with E-state index >= 15 is 13.2 Å². The number of benzene rings is 10. The van der Waals surface area contributed by atoms with Crippen molar-refractivity contribution in [3.63, 3.8) is 0 Å². The summed E-state index contributed by atoms with van der Waals surface area (Å²) < 4.78 is 50.5. The molecule has 0 fully saturated rings. The standard InChI is InChI=1S/C68H36F3N9/c1-74-50-31-41(39-72)29-47(33-50)45-21-26-62-57(35-45)53-17-9-11-19-60(53)79(62)52-24-25-55(67-77-65(43-13-5-3-6-14-43)76-66(78-67)44-15-7-4-8-16-44)56(38-52)59-37-49(68(69,70)71)23-28-64(59)80-61-20-12-10-18-54(61)58-36-46(22-27-63(58)80)48-30-42(40-73)32-51(34-48)75-2/h3-38H. The van der Waals surface area contributed by atoms with E-state index in [9.17, 15) is 10.5 Å². The predicted molar refractivity (Wildman–Crippen MR) is 308 cm³/mol. The zero-order valence-electron chi connectivity index (χ0n) is 41.9.